The van der Waals surface area contributed by atoms with Gasteiger partial charge in [0.05, 0.1) is 18.6 Å². The summed E-state index contributed by atoms with van der Waals surface area (Å²) in [6, 6.07) is 13.7. The Hall–Kier alpha value is -1.91. The van der Waals surface area contributed by atoms with Gasteiger partial charge in [0.1, 0.15) is 0 Å². The zero-order valence-corrected chi connectivity index (χ0v) is 13.0. The van der Waals surface area contributed by atoms with Crippen molar-refractivity contribution in [3.8, 4) is 0 Å². The molecule has 0 heterocycles. The van der Waals surface area contributed by atoms with Gasteiger partial charge in [0.25, 0.3) is 0 Å². The van der Waals surface area contributed by atoms with Crippen molar-refractivity contribution < 1.29 is 15.0 Å². The summed E-state index contributed by atoms with van der Waals surface area (Å²) in [7, 11) is 0. The van der Waals surface area contributed by atoms with Crippen LogP contribution in [-0.4, -0.2) is 28.8 Å². The molecule has 118 valence electrons. The maximum absolute atomic E-state index is 11.7. The van der Waals surface area contributed by atoms with Gasteiger partial charge in [-0.2, -0.15) is 0 Å². The van der Waals surface area contributed by atoms with Crippen molar-refractivity contribution in [3.63, 3.8) is 0 Å². The molecule has 1 amide bonds. The summed E-state index contributed by atoms with van der Waals surface area (Å²) in [5, 5.41) is 24.7. The van der Waals surface area contributed by atoms with Crippen LogP contribution < -0.4 is 5.32 Å². The van der Waals surface area contributed by atoms with Crippen molar-refractivity contribution in [2.45, 2.75) is 32.5 Å². The zero-order chi connectivity index (χ0) is 16.1. The molecule has 0 aliphatic heterocycles. The predicted molar refractivity (Wildman–Crippen MR) is 87.4 cm³/mol. The summed E-state index contributed by atoms with van der Waals surface area (Å²) in [5.74, 6) is -0.211. The van der Waals surface area contributed by atoms with Gasteiger partial charge in [0, 0.05) is 6.54 Å². The van der Waals surface area contributed by atoms with Gasteiger partial charge in [-0.25, -0.2) is 0 Å². The highest BCUT2D eigenvalue weighted by atomic mass is 16.3. The average Bonchev–Trinajstić information content (AvgIpc) is 2.52. The van der Waals surface area contributed by atoms with E-state index in [0.29, 0.717) is 0 Å². The van der Waals surface area contributed by atoms with Crippen LogP contribution in [0, 0.1) is 5.92 Å². The Bertz CT molecular complexity index is 639. The highest BCUT2D eigenvalue weighted by molar-refractivity contribution is 5.83. The van der Waals surface area contributed by atoms with Crippen LogP contribution in [0.3, 0.4) is 0 Å². The first-order valence-corrected chi connectivity index (χ1v) is 7.59. The van der Waals surface area contributed by atoms with Gasteiger partial charge < -0.3 is 15.5 Å². The van der Waals surface area contributed by atoms with E-state index in [9.17, 15) is 15.0 Å². The van der Waals surface area contributed by atoms with E-state index in [1.165, 1.54) is 0 Å². The Morgan fingerprint density at radius 3 is 2.45 bits per heavy atom. The molecule has 0 spiro atoms. The minimum atomic E-state index is -0.759. The molecule has 3 N–H and O–H groups in total. The SMILES string of the molecule is CC(C)C(O)CC(=O)NCC(O)c1ccc2ccccc2c1. The largest absolute Gasteiger partial charge is 0.392 e. The Labute approximate surface area is 130 Å². The molecule has 4 nitrogen and oxygen atoms in total. The lowest BCUT2D eigenvalue weighted by molar-refractivity contribution is -0.124. The van der Waals surface area contributed by atoms with Crippen molar-refractivity contribution in [3.05, 3.63) is 48.0 Å². The molecular weight excluding hydrogens is 278 g/mol. The first kappa shape index (κ1) is 16.5. The highest BCUT2D eigenvalue weighted by Gasteiger charge is 2.15. The maximum Gasteiger partial charge on any atom is 0.222 e. The van der Waals surface area contributed by atoms with Crippen molar-refractivity contribution in [2.75, 3.05) is 6.54 Å². The number of rotatable bonds is 6. The van der Waals surface area contributed by atoms with Crippen LogP contribution in [0.5, 0.6) is 0 Å². The molecule has 2 aromatic rings. The first-order valence-electron chi connectivity index (χ1n) is 7.59. The van der Waals surface area contributed by atoms with Crippen LogP contribution in [0.15, 0.2) is 42.5 Å². The van der Waals surface area contributed by atoms with E-state index < -0.39 is 12.2 Å². The van der Waals surface area contributed by atoms with Crippen LogP contribution in [0.1, 0.15) is 31.9 Å². The van der Waals surface area contributed by atoms with Crippen LogP contribution >= 0.6 is 0 Å². The van der Waals surface area contributed by atoms with Gasteiger partial charge in [0.15, 0.2) is 0 Å². The van der Waals surface area contributed by atoms with E-state index in [2.05, 4.69) is 5.32 Å². The van der Waals surface area contributed by atoms with Crippen molar-refractivity contribution in [2.24, 2.45) is 5.92 Å². The van der Waals surface area contributed by atoms with E-state index in [1.54, 1.807) is 0 Å². The van der Waals surface area contributed by atoms with E-state index in [4.69, 9.17) is 0 Å². The van der Waals surface area contributed by atoms with Gasteiger partial charge in [0.2, 0.25) is 5.91 Å². The quantitative estimate of drug-likeness (QED) is 0.767. The molecule has 22 heavy (non-hydrogen) atoms. The zero-order valence-electron chi connectivity index (χ0n) is 13.0. The Morgan fingerprint density at radius 2 is 1.77 bits per heavy atom. The minimum Gasteiger partial charge on any atom is -0.392 e. The van der Waals surface area contributed by atoms with Gasteiger partial charge in [-0.3, -0.25) is 4.79 Å². The second kappa shape index (κ2) is 7.38. The molecule has 0 bridgehead atoms. The van der Waals surface area contributed by atoms with E-state index in [0.717, 1.165) is 16.3 Å². The lowest BCUT2D eigenvalue weighted by Gasteiger charge is -2.16. The molecular formula is C18H23NO3. The van der Waals surface area contributed by atoms with Crippen molar-refractivity contribution in [1.82, 2.24) is 5.32 Å². The third-order valence-electron chi connectivity index (χ3n) is 3.81. The van der Waals surface area contributed by atoms with E-state index in [1.807, 2.05) is 56.3 Å². The fraction of sp³-hybridized carbons (Fsp3) is 0.389. The number of carbonyl (C=O) groups is 1. The van der Waals surface area contributed by atoms with Crippen LogP contribution in [-0.2, 0) is 4.79 Å². The number of benzene rings is 2. The normalized spacial score (nSPS) is 14.0. The summed E-state index contributed by atoms with van der Waals surface area (Å²) in [4.78, 5) is 11.7. The highest BCUT2D eigenvalue weighted by Crippen LogP contribution is 2.20. The number of nitrogens with one attached hydrogen (secondary N) is 1. The number of hydrogen-bond acceptors (Lipinski definition) is 3. The molecule has 0 aliphatic rings. The van der Waals surface area contributed by atoms with E-state index >= 15 is 0 Å². The summed E-state index contributed by atoms with van der Waals surface area (Å²) in [6.07, 6.45) is -1.36. The summed E-state index contributed by atoms with van der Waals surface area (Å²) < 4.78 is 0. The van der Waals surface area contributed by atoms with Gasteiger partial charge in [-0.15, -0.1) is 0 Å². The molecule has 0 saturated heterocycles. The second-order valence-corrected chi connectivity index (χ2v) is 5.94. The molecule has 0 fully saturated rings. The fourth-order valence-electron chi connectivity index (χ4n) is 2.24. The molecule has 2 aromatic carbocycles. The fourth-order valence-corrected chi connectivity index (χ4v) is 2.24. The smallest absolute Gasteiger partial charge is 0.222 e. The summed E-state index contributed by atoms with van der Waals surface area (Å²) in [5.41, 5.74) is 0.767. The maximum atomic E-state index is 11.7. The number of amides is 1. The molecule has 0 aliphatic carbocycles. The van der Waals surface area contributed by atoms with Gasteiger partial charge in [-0.05, 0) is 28.3 Å². The van der Waals surface area contributed by atoms with Crippen molar-refractivity contribution in [1.29, 1.82) is 0 Å². The number of hydrogen-bond donors (Lipinski definition) is 3. The average molecular weight is 301 g/mol. The first-order chi connectivity index (χ1) is 10.5. The van der Waals surface area contributed by atoms with Crippen LogP contribution in [0.2, 0.25) is 0 Å². The number of aliphatic hydroxyl groups excluding tert-OH is 2. The summed E-state index contributed by atoms with van der Waals surface area (Å²) >= 11 is 0. The Morgan fingerprint density at radius 1 is 1.09 bits per heavy atom. The van der Waals surface area contributed by atoms with Crippen molar-refractivity contribution >= 4 is 16.7 Å². The number of carbonyl (C=O) groups excluding carboxylic acids is 1. The van der Waals surface area contributed by atoms with Crippen LogP contribution in [0.25, 0.3) is 10.8 Å². The Kier molecular flexibility index (Phi) is 5.52. The molecule has 2 unspecified atom stereocenters. The lowest BCUT2D eigenvalue weighted by Crippen LogP contribution is -2.32. The standard InChI is InChI=1S/C18H23NO3/c1-12(2)16(20)10-18(22)19-11-17(21)15-8-7-13-5-3-4-6-14(13)9-15/h3-9,12,16-17,20-21H,10-11H2,1-2H3,(H,19,22). The van der Waals surface area contributed by atoms with Gasteiger partial charge >= 0.3 is 0 Å². The number of fused-ring (bicyclic) bond motifs is 1. The monoisotopic (exact) mass is 301 g/mol. The van der Waals surface area contributed by atoms with Gasteiger partial charge in [-0.1, -0.05) is 50.2 Å². The molecule has 2 rings (SSSR count). The minimum absolute atomic E-state index is 0.0381. The Balaban J connectivity index is 1.93. The lowest BCUT2D eigenvalue weighted by atomic mass is 10.0. The molecule has 0 saturated carbocycles. The molecule has 2 atom stereocenters. The summed E-state index contributed by atoms with van der Waals surface area (Å²) in [6.45, 7) is 3.87. The van der Waals surface area contributed by atoms with E-state index in [-0.39, 0.29) is 24.8 Å². The van der Waals surface area contributed by atoms with Crippen LogP contribution in [0.4, 0.5) is 0 Å². The molecule has 4 heteroatoms. The molecule has 0 radical (unpaired) electrons. The topological polar surface area (TPSA) is 69.6 Å². The second-order valence-electron chi connectivity index (χ2n) is 5.94. The molecule has 0 aromatic heterocycles. The number of aliphatic hydroxyl groups is 2. The third-order valence-corrected chi connectivity index (χ3v) is 3.81. The third kappa shape index (κ3) is 4.29. The predicted octanol–water partition coefficient (Wildman–Crippen LogP) is 2.40.